The number of carbonyl (C=O) groups is 1. The van der Waals surface area contributed by atoms with E-state index >= 15 is 0 Å². The van der Waals surface area contributed by atoms with Crippen LogP contribution in [0.4, 0.5) is 5.69 Å². The zero-order valence-corrected chi connectivity index (χ0v) is 13.7. The molecule has 0 saturated carbocycles. The van der Waals surface area contributed by atoms with Crippen molar-refractivity contribution in [3.05, 3.63) is 63.0 Å². The molecule has 20 heavy (non-hydrogen) atoms. The normalized spacial score (nSPS) is 11.9. The molecule has 3 nitrogen and oxygen atoms in total. The van der Waals surface area contributed by atoms with Crippen LogP contribution in [-0.4, -0.2) is 17.6 Å². The van der Waals surface area contributed by atoms with Crippen LogP contribution < -0.4 is 5.32 Å². The lowest BCUT2D eigenvalue weighted by Crippen LogP contribution is -2.21. The standard InChI is InChI=1S/C15H13Br2NO2/c16-11-6-7-14(13(17)8-11)18-9-12(15(19)20)10-4-2-1-3-5-10/h1-8,12,18H,9H2,(H,19,20). The van der Waals surface area contributed by atoms with Gasteiger partial charge in [0.15, 0.2) is 0 Å². The summed E-state index contributed by atoms with van der Waals surface area (Å²) in [5, 5.41) is 12.5. The highest BCUT2D eigenvalue weighted by atomic mass is 79.9. The Morgan fingerprint density at radius 2 is 1.85 bits per heavy atom. The predicted octanol–water partition coefficient (Wildman–Crippen LogP) is 4.49. The minimum atomic E-state index is -0.836. The molecule has 5 heteroatoms. The Labute approximate surface area is 134 Å². The van der Waals surface area contributed by atoms with E-state index in [-0.39, 0.29) is 0 Å². The van der Waals surface area contributed by atoms with Crippen LogP contribution in [-0.2, 0) is 4.79 Å². The number of rotatable bonds is 5. The Hall–Kier alpha value is -1.33. The van der Waals surface area contributed by atoms with Crippen LogP contribution in [0, 0.1) is 0 Å². The first-order chi connectivity index (χ1) is 9.58. The minimum absolute atomic E-state index is 0.333. The molecule has 1 atom stereocenters. The summed E-state index contributed by atoms with van der Waals surface area (Å²) >= 11 is 6.83. The van der Waals surface area contributed by atoms with E-state index in [1.54, 1.807) is 0 Å². The van der Waals surface area contributed by atoms with E-state index in [1.165, 1.54) is 0 Å². The Morgan fingerprint density at radius 1 is 1.15 bits per heavy atom. The van der Waals surface area contributed by atoms with Crippen molar-refractivity contribution < 1.29 is 9.90 Å². The van der Waals surface area contributed by atoms with Crippen LogP contribution in [0.5, 0.6) is 0 Å². The van der Waals surface area contributed by atoms with Crippen LogP contribution in [0.25, 0.3) is 0 Å². The second-order valence-electron chi connectivity index (χ2n) is 4.31. The molecule has 0 aliphatic heterocycles. The summed E-state index contributed by atoms with van der Waals surface area (Å²) in [6, 6.07) is 15.0. The summed E-state index contributed by atoms with van der Waals surface area (Å²) in [4.78, 5) is 11.4. The van der Waals surface area contributed by atoms with Gasteiger partial charge < -0.3 is 10.4 Å². The fraction of sp³-hybridized carbons (Fsp3) is 0.133. The lowest BCUT2D eigenvalue weighted by atomic mass is 9.99. The quantitative estimate of drug-likeness (QED) is 0.779. The van der Waals surface area contributed by atoms with E-state index in [0.717, 1.165) is 20.2 Å². The molecule has 104 valence electrons. The molecule has 0 saturated heterocycles. The van der Waals surface area contributed by atoms with Crippen molar-refractivity contribution in [3.63, 3.8) is 0 Å². The lowest BCUT2D eigenvalue weighted by molar-refractivity contribution is -0.138. The van der Waals surface area contributed by atoms with Gasteiger partial charge >= 0.3 is 5.97 Å². The number of carboxylic acid groups (broad SMARTS) is 1. The number of aliphatic carboxylic acids is 1. The second kappa shape index (κ2) is 6.90. The van der Waals surface area contributed by atoms with Crippen molar-refractivity contribution in [2.24, 2.45) is 0 Å². The summed E-state index contributed by atoms with van der Waals surface area (Å²) < 4.78 is 1.86. The van der Waals surface area contributed by atoms with Gasteiger partial charge in [0.1, 0.15) is 0 Å². The number of halogens is 2. The summed E-state index contributed by atoms with van der Waals surface area (Å²) in [6.45, 7) is 0.333. The van der Waals surface area contributed by atoms with Crippen molar-refractivity contribution in [3.8, 4) is 0 Å². The van der Waals surface area contributed by atoms with E-state index in [1.807, 2.05) is 48.5 Å². The van der Waals surface area contributed by atoms with E-state index < -0.39 is 11.9 Å². The molecule has 0 fully saturated rings. The van der Waals surface area contributed by atoms with Crippen molar-refractivity contribution in [1.82, 2.24) is 0 Å². The Kier molecular flexibility index (Phi) is 5.20. The van der Waals surface area contributed by atoms with Gasteiger partial charge in [0.25, 0.3) is 0 Å². The zero-order chi connectivity index (χ0) is 14.5. The molecular weight excluding hydrogens is 386 g/mol. The molecule has 0 aliphatic rings. The molecule has 0 spiro atoms. The van der Waals surface area contributed by atoms with Gasteiger partial charge in [-0.05, 0) is 39.7 Å². The molecule has 0 amide bonds. The highest BCUT2D eigenvalue weighted by Crippen LogP contribution is 2.27. The number of benzene rings is 2. The Morgan fingerprint density at radius 3 is 2.45 bits per heavy atom. The molecule has 2 rings (SSSR count). The first-order valence-corrected chi connectivity index (χ1v) is 7.63. The molecule has 1 unspecified atom stereocenters. The molecule has 0 aliphatic carbocycles. The first kappa shape index (κ1) is 15.1. The average molecular weight is 399 g/mol. The predicted molar refractivity (Wildman–Crippen MR) is 87.2 cm³/mol. The maximum atomic E-state index is 11.4. The molecule has 2 aromatic carbocycles. The molecule has 2 N–H and O–H groups in total. The van der Waals surface area contributed by atoms with Gasteiger partial charge in [-0.25, -0.2) is 0 Å². The maximum Gasteiger partial charge on any atom is 0.312 e. The van der Waals surface area contributed by atoms with Gasteiger partial charge in [-0.3, -0.25) is 4.79 Å². The first-order valence-electron chi connectivity index (χ1n) is 6.04. The van der Waals surface area contributed by atoms with Gasteiger partial charge in [-0.2, -0.15) is 0 Å². The summed E-state index contributed by atoms with van der Waals surface area (Å²) in [5.74, 6) is -1.41. The van der Waals surface area contributed by atoms with Crippen LogP contribution in [0.1, 0.15) is 11.5 Å². The summed E-state index contributed by atoms with van der Waals surface area (Å²) in [7, 11) is 0. The van der Waals surface area contributed by atoms with Gasteiger partial charge in [-0.15, -0.1) is 0 Å². The lowest BCUT2D eigenvalue weighted by Gasteiger charge is -2.15. The Balaban J connectivity index is 2.12. The Bertz CT molecular complexity index is 602. The monoisotopic (exact) mass is 397 g/mol. The van der Waals surface area contributed by atoms with Crippen molar-refractivity contribution in [2.75, 3.05) is 11.9 Å². The molecule has 0 bridgehead atoms. The topological polar surface area (TPSA) is 49.3 Å². The molecular formula is C15H13Br2NO2. The molecule has 0 heterocycles. The van der Waals surface area contributed by atoms with Crippen molar-refractivity contribution >= 4 is 43.5 Å². The van der Waals surface area contributed by atoms with Gasteiger partial charge in [0, 0.05) is 21.2 Å². The number of hydrogen-bond acceptors (Lipinski definition) is 2. The number of anilines is 1. The number of hydrogen-bond donors (Lipinski definition) is 2. The SMILES string of the molecule is O=C(O)C(CNc1ccc(Br)cc1Br)c1ccccc1. The fourth-order valence-corrected chi connectivity index (χ4v) is 3.07. The largest absolute Gasteiger partial charge is 0.481 e. The van der Waals surface area contributed by atoms with Crippen LogP contribution in [0.3, 0.4) is 0 Å². The van der Waals surface area contributed by atoms with Crippen LogP contribution >= 0.6 is 31.9 Å². The van der Waals surface area contributed by atoms with Crippen LogP contribution in [0.15, 0.2) is 57.5 Å². The third kappa shape index (κ3) is 3.84. The average Bonchev–Trinajstić information content (AvgIpc) is 2.42. The summed E-state index contributed by atoms with van der Waals surface area (Å²) in [5.41, 5.74) is 1.66. The molecule has 0 aromatic heterocycles. The van der Waals surface area contributed by atoms with E-state index in [9.17, 15) is 9.90 Å². The molecule has 2 aromatic rings. The van der Waals surface area contributed by atoms with E-state index in [0.29, 0.717) is 6.54 Å². The van der Waals surface area contributed by atoms with E-state index in [4.69, 9.17) is 0 Å². The third-order valence-electron chi connectivity index (χ3n) is 2.93. The third-order valence-corrected chi connectivity index (χ3v) is 4.08. The van der Waals surface area contributed by atoms with E-state index in [2.05, 4.69) is 37.2 Å². The van der Waals surface area contributed by atoms with Gasteiger partial charge in [0.2, 0.25) is 0 Å². The minimum Gasteiger partial charge on any atom is -0.481 e. The number of carboxylic acids is 1. The highest BCUT2D eigenvalue weighted by molar-refractivity contribution is 9.11. The van der Waals surface area contributed by atoms with Crippen LogP contribution in [0.2, 0.25) is 0 Å². The highest BCUT2D eigenvalue weighted by Gasteiger charge is 2.19. The maximum absolute atomic E-state index is 11.4. The van der Waals surface area contributed by atoms with Gasteiger partial charge in [-0.1, -0.05) is 46.3 Å². The number of nitrogens with one attached hydrogen (secondary N) is 1. The van der Waals surface area contributed by atoms with Crippen molar-refractivity contribution in [2.45, 2.75) is 5.92 Å². The smallest absolute Gasteiger partial charge is 0.312 e. The fourth-order valence-electron chi connectivity index (χ4n) is 1.88. The van der Waals surface area contributed by atoms with Crippen molar-refractivity contribution in [1.29, 1.82) is 0 Å². The second-order valence-corrected chi connectivity index (χ2v) is 6.08. The van der Waals surface area contributed by atoms with Gasteiger partial charge in [0.05, 0.1) is 5.92 Å². The molecule has 0 radical (unpaired) electrons. The summed E-state index contributed by atoms with van der Waals surface area (Å²) in [6.07, 6.45) is 0. The zero-order valence-electron chi connectivity index (χ0n) is 10.5.